The first-order valence-corrected chi connectivity index (χ1v) is 6.35. The molecule has 1 atom stereocenters. The van der Waals surface area contributed by atoms with E-state index >= 15 is 0 Å². The van der Waals surface area contributed by atoms with Crippen molar-refractivity contribution in [2.75, 3.05) is 6.61 Å². The van der Waals surface area contributed by atoms with Crippen LogP contribution in [-0.2, 0) is 4.74 Å². The number of ether oxygens (including phenoxy) is 1. The van der Waals surface area contributed by atoms with E-state index in [4.69, 9.17) is 16.3 Å². The van der Waals surface area contributed by atoms with Crippen LogP contribution in [0, 0.1) is 0 Å². The number of rotatable bonds is 2. The van der Waals surface area contributed by atoms with Gasteiger partial charge in [0.05, 0.1) is 11.9 Å². The van der Waals surface area contributed by atoms with Crippen LogP contribution >= 0.6 is 11.6 Å². The van der Waals surface area contributed by atoms with E-state index in [1.807, 2.05) is 16.9 Å². The van der Waals surface area contributed by atoms with Crippen LogP contribution in [0.15, 0.2) is 24.7 Å². The maximum Gasteiger partial charge on any atom is 0.222 e. The fraction of sp³-hybridized carbons (Fsp3) is 0.417. The number of halogens is 1. The Labute approximate surface area is 110 Å². The molecule has 0 spiro atoms. The zero-order chi connectivity index (χ0) is 12.4. The summed E-state index contributed by atoms with van der Waals surface area (Å²) < 4.78 is 7.53. The minimum atomic E-state index is 0.0461. The molecule has 0 N–H and O–H groups in total. The molecule has 94 valence electrons. The van der Waals surface area contributed by atoms with Gasteiger partial charge in [-0.05, 0) is 36.9 Å². The third-order valence-corrected chi connectivity index (χ3v) is 3.16. The molecule has 5 nitrogen and oxygen atoms in total. The van der Waals surface area contributed by atoms with Crippen LogP contribution in [0.4, 0.5) is 0 Å². The van der Waals surface area contributed by atoms with Gasteiger partial charge in [0, 0.05) is 24.6 Å². The summed E-state index contributed by atoms with van der Waals surface area (Å²) in [5, 5.41) is 4.58. The normalized spacial score (nSPS) is 19.9. The maximum atomic E-state index is 5.78. The van der Waals surface area contributed by atoms with E-state index < -0.39 is 0 Å². The van der Waals surface area contributed by atoms with E-state index in [0.29, 0.717) is 0 Å². The lowest BCUT2D eigenvalue weighted by Crippen LogP contribution is -2.18. The van der Waals surface area contributed by atoms with E-state index in [9.17, 15) is 0 Å². The van der Waals surface area contributed by atoms with Crippen LogP contribution in [0.3, 0.4) is 0 Å². The number of nitrogens with zero attached hydrogens (tertiary/aromatic N) is 4. The Morgan fingerprint density at radius 2 is 2.33 bits per heavy atom. The molecular weight excluding hydrogens is 252 g/mol. The van der Waals surface area contributed by atoms with Crippen molar-refractivity contribution in [3.8, 4) is 11.3 Å². The second-order valence-electron chi connectivity index (χ2n) is 4.24. The highest BCUT2D eigenvalue weighted by Crippen LogP contribution is 2.24. The minimum absolute atomic E-state index is 0.0461. The first-order valence-electron chi connectivity index (χ1n) is 5.97. The molecule has 1 aliphatic rings. The van der Waals surface area contributed by atoms with Crippen molar-refractivity contribution in [3.05, 3.63) is 29.9 Å². The Bertz CT molecular complexity index is 536. The molecule has 0 saturated carbocycles. The molecule has 3 heterocycles. The number of hydrogen-bond acceptors (Lipinski definition) is 4. The largest absolute Gasteiger partial charge is 0.357 e. The SMILES string of the molecule is Clc1nccc(-c2cnn(C3CCCCO3)c2)n1. The van der Waals surface area contributed by atoms with Crippen LogP contribution in [0.25, 0.3) is 11.3 Å². The molecule has 6 heteroatoms. The predicted molar refractivity (Wildman–Crippen MR) is 67.1 cm³/mol. The van der Waals surface area contributed by atoms with Crippen molar-refractivity contribution in [2.24, 2.45) is 0 Å². The average Bonchev–Trinajstić information content (AvgIpc) is 2.89. The predicted octanol–water partition coefficient (Wildman–Crippen LogP) is 2.69. The fourth-order valence-corrected chi connectivity index (χ4v) is 2.20. The molecule has 0 aromatic carbocycles. The van der Waals surface area contributed by atoms with Gasteiger partial charge < -0.3 is 4.74 Å². The van der Waals surface area contributed by atoms with Crippen molar-refractivity contribution in [2.45, 2.75) is 25.5 Å². The van der Waals surface area contributed by atoms with E-state index in [1.165, 1.54) is 6.42 Å². The van der Waals surface area contributed by atoms with Crippen molar-refractivity contribution >= 4 is 11.6 Å². The van der Waals surface area contributed by atoms with Gasteiger partial charge in [0.15, 0.2) is 0 Å². The molecule has 0 aliphatic carbocycles. The molecule has 1 fully saturated rings. The molecule has 1 saturated heterocycles. The monoisotopic (exact) mass is 264 g/mol. The lowest BCUT2D eigenvalue weighted by atomic mass is 10.2. The topological polar surface area (TPSA) is 52.8 Å². The molecule has 2 aromatic rings. The van der Waals surface area contributed by atoms with E-state index in [-0.39, 0.29) is 11.5 Å². The van der Waals surface area contributed by atoms with Crippen LogP contribution in [0.1, 0.15) is 25.5 Å². The second-order valence-corrected chi connectivity index (χ2v) is 4.58. The van der Waals surface area contributed by atoms with Gasteiger partial charge in [0.2, 0.25) is 5.28 Å². The summed E-state index contributed by atoms with van der Waals surface area (Å²) in [4.78, 5) is 8.03. The van der Waals surface area contributed by atoms with E-state index in [0.717, 1.165) is 30.7 Å². The van der Waals surface area contributed by atoms with E-state index in [1.54, 1.807) is 12.4 Å². The molecule has 3 rings (SSSR count). The number of hydrogen-bond donors (Lipinski definition) is 0. The molecule has 0 bridgehead atoms. The van der Waals surface area contributed by atoms with Crippen LogP contribution in [0.5, 0.6) is 0 Å². The first-order chi connectivity index (χ1) is 8.83. The lowest BCUT2D eigenvalue weighted by molar-refractivity contribution is -0.0394. The summed E-state index contributed by atoms with van der Waals surface area (Å²) in [6.07, 6.45) is 8.71. The van der Waals surface area contributed by atoms with Gasteiger partial charge in [0.1, 0.15) is 6.23 Å². The highest BCUT2D eigenvalue weighted by atomic mass is 35.5. The van der Waals surface area contributed by atoms with Gasteiger partial charge in [0.25, 0.3) is 0 Å². The lowest BCUT2D eigenvalue weighted by Gasteiger charge is -2.22. The molecule has 1 aliphatic heterocycles. The van der Waals surface area contributed by atoms with Gasteiger partial charge in [-0.3, -0.25) is 0 Å². The Hall–Kier alpha value is -1.46. The summed E-state index contributed by atoms with van der Waals surface area (Å²) in [7, 11) is 0. The van der Waals surface area contributed by atoms with Crippen LogP contribution in [0.2, 0.25) is 5.28 Å². The standard InChI is InChI=1S/C12H13ClN4O/c13-12-14-5-4-10(16-12)9-7-15-17(8-9)11-3-1-2-6-18-11/h4-5,7-8,11H,1-3,6H2. The van der Waals surface area contributed by atoms with Gasteiger partial charge >= 0.3 is 0 Å². The minimum Gasteiger partial charge on any atom is -0.357 e. The Balaban J connectivity index is 1.84. The van der Waals surface area contributed by atoms with Crippen molar-refractivity contribution in [1.82, 2.24) is 19.7 Å². The summed E-state index contributed by atoms with van der Waals surface area (Å²) >= 11 is 5.78. The van der Waals surface area contributed by atoms with E-state index in [2.05, 4.69) is 15.1 Å². The van der Waals surface area contributed by atoms with Crippen molar-refractivity contribution in [1.29, 1.82) is 0 Å². The Morgan fingerprint density at radius 1 is 1.39 bits per heavy atom. The second kappa shape index (κ2) is 5.04. The third-order valence-electron chi connectivity index (χ3n) is 2.97. The Kier molecular flexibility index (Phi) is 3.25. The van der Waals surface area contributed by atoms with Gasteiger partial charge in [-0.1, -0.05) is 0 Å². The quantitative estimate of drug-likeness (QED) is 0.783. The third kappa shape index (κ3) is 2.37. The molecular formula is C12H13ClN4O. The molecule has 2 aromatic heterocycles. The fourth-order valence-electron chi connectivity index (χ4n) is 2.06. The summed E-state index contributed by atoms with van der Waals surface area (Å²) in [5.41, 5.74) is 1.70. The molecule has 0 radical (unpaired) electrons. The number of aromatic nitrogens is 4. The zero-order valence-electron chi connectivity index (χ0n) is 9.79. The van der Waals surface area contributed by atoms with Crippen LogP contribution in [-0.4, -0.2) is 26.4 Å². The highest BCUT2D eigenvalue weighted by molar-refractivity contribution is 6.28. The van der Waals surface area contributed by atoms with Gasteiger partial charge in [-0.15, -0.1) is 0 Å². The first kappa shape index (κ1) is 11.6. The maximum absolute atomic E-state index is 5.78. The zero-order valence-corrected chi connectivity index (χ0v) is 10.5. The molecule has 18 heavy (non-hydrogen) atoms. The smallest absolute Gasteiger partial charge is 0.222 e. The summed E-state index contributed by atoms with van der Waals surface area (Å²) in [6, 6.07) is 1.81. The summed E-state index contributed by atoms with van der Waals surface area (Å²) in [6.45, 7) is 0.805. The van der Waals surface area contributed by atoms with Crippen molar-refractivity contribution in [3.63, 3.8) is 0 Å². The highest BCUT2D eigenvalue weighted by Gasteiger charge is 2.17. The summed E-state index contributed by atoms with van der Waals surface area (Å²) in [5.74, 6) is 0. The molecule has 1 unspecified atom stereocenters. The van der Waals surface area contributed by atoms with Crippen molar-refractivity contribution < 1.29 is 4.74 Å². The van der Waals surface area contributed by atoms with Gasteiger partial charge in [-0.2, -0.15) is 5.10 Å². The average molecular weight is 265 g/mol. The van der Waals surface area contributed by atoms with Crippen LogP contribution < -0.4 is 0 Å². The molecule has 0 amide bonds. The van der Waals surface area contributed by atoms with Gasteiger partial charge in [-0.25, -0.2) is 14.6 Å². The Morgan fingerprint density at radius 3 is 3.11 bits per heavy atom.